The van der Waals surface area contributed by atoms with Gasteiger partial charge >= 0.3 is 5.97 Å². The van der Waals surface area contributed by atoms with E-state index in [1.54, 1.807) is 5.38 Å². The van der Waals surface area contributed by atoms with Gasteiger partial charge in [0.1, 0.15) is 5.00 Å². The zero-order valence-corrected chi connectivity index (χ0v) is 11.8. The van der Waals surface area contributed by atoms with Crippen LogP contribution in [0, 0.1) is 23.7 Å². The second-order valence-electron chi connectivity index (χ2n) is 5.36. The molecule has 0 aliphatic heterocycles. The van der Waals surface area contributed by atoms with E-state index in [-0.39, 0.29) is 23.3 Å². The van der Waals surface area contributed by atoms with Crippen LogP contribution in [0.5, 0.6) is 0 Å². The molecule has 2 bridgehead atoms. The number of carboxylic acids is 1. The van der Waals surface area contributed by atoms with E-state index in [4.69, 9.17) is 5.73 Å². The molecule has 1 saturated carbocycles. The van der Waals surface area contributed by atoms with Crippen LogP contribution in [0.3, 0.4) is 0 Å². The van der Waals surface area contributed by atoms with Gasteiger partial charge in [0.25, 0.3) is 5.91 Å². The van der Waals surface area contributed by atoms with Gasteiger partial charge in [0.05, 0.1) is 17.4 Å². The Morgan fingerprint density at radius 2 is 1.90 bits per heavy atom. The number of fused-ring (bicyclic) bond motifs is 2. The third-order valence-corrected chi connectivity index (χ3v) is 5.04. The lowest BCUT2D eigenvalue weighted by atomic mass is 9.82. The average molecular weight is 306 g/mol. The van der Waals surface area contributed by atoms with Crippen LogP contribution in [-0.2, 0) is 9.59 Å². The van der Waals surface area contributed by atoms with Crippen molar-refractivity contribution in [1.82, 2.24) is 0 Å². The quantitative estimate of drug-likeness (QED) is 0.728. The van der Waals surface area contributed by atoms with E-state index in [0.717, 1.165) is 0 Å². The molecule has 0 saturated heterocycles. The van der Waals surface area contributed by atoms with E-state index < -0.39 is 23.7 Å². The minimum absolute atomic E-state index is 0.0481. The van der Waals surface area contributed by atoms with Gasteiger partial charge in [-0.3, -0.25) is 14.4 Å². The van der Waals surface area contributed by atoms with Crippen molar-refractivity contribution in [1.29, 1.82) is 0 Å². The molecule has 1 aromatic rings. The molecule has 1 heterocycles. The number of hydrogen-bond donors (Lipinski definition) is 3. The Balaban J connectivity index is 1.82. The van der Waals surface area contributed by atoms with Gasteiger partial charge in [-0.25, -0.2) is 0 Å². The van der Waals surface area contributed by atoms with Crippen molar-refractivity contribution in [3.8, 4) is 0 Å². The maximum atomic E-state index is 12.4. The molecular weight excluding hydrogens is 292 g/mol. The highest BCUT2D eigenvalue weighted by molar-refractivity contribution is 7.14. The minimum Gasteiger partial charge on any atom is -0.481 e. The van der Waals surface area contributed by atoms with Crippen molar-refractivity contribution in [2.45, 2.75) is 6.42 Å². The summed E-state index contributed by atoms with van der Waals surface area (Å²) in [5.41, 5.74) is 5.48. The Hall–Kier alpha value is -2.15. The van der Waals surface area contributed by atoms with Crippen molar-refractivity contribution in [3.63, 3.8) is 0 Å². The maximum absolute atomic E-state index is 12.4. The molecule has 1 fully saturated rings. The molecule has 0 radical (unpaired) electrons. The predicted octanol–water partition coefficient (Wildman–Crippen LogP) is 1.31. The molecule has 6 nitrogen and oxygen atoms in total. The molecule has 0 spiro atoms. The molecule has 2 aliphatic rings. The van der Waals surface area contributed by atoms with Crippen LogP contribution < -0.4 is 11.1 Å². The number of allylic oxidation sites excluding steroid dienone is 2. The number of primary amides is 1. The summed E-state index contributed by atoms with van der Waals surface area (Å²) in [6, 6.07) is 1.54. The Bertz CT molecular complexity index is 651. The number of carbonyl (C=O) groups is 3. The van der Waals surface area contributed by atoms with Crippen LogP contribution in [-0.4, -0.2) is 22.9 Å². The van der Waals surface area contributed by atoms with Crippen LogP contribution in [0.4, 0.5) is 5.00 Å². The zero-order chi connectivity index (χ0) is 15.1. The Morgan fingerprint density at radius 1 is 1.24 bits per heavy atom. The first-order valence-electron chi connectivity index (χ1n) is 6.58. The highest BCUT2D eigenvalue weighted by atomic mass is 32.1. The number of carboxylic acid groups (broad SMARTS) is 1. The summed E-state index contributed by atoms with van der Waals surface area (Å²) in [5.74, 6) is -3.35. The summed E-state index contributed by atoms with van der Waals surface area (Å²) in [7, 11) is 0. The summed E-state index contributed by atoms with van der Waals surface area (Å²) in [4.78, 5) is 35.1. The summed E-state index contributed by atoms with van der Waals surface area (Å²) >= 11 is 1.20. The molecule has 7 heteroatoms. The Labute approximate surface area is 124 Å². The van der Waals surface area contributed by atoms with Gasteiger partial charge in [0.2, 0.25) is 5.91 Å². The first kappa shape index (κ1) is 13.8. The van der Waals surface area contributed by atoms with Gasteiger partial charge in [0, 0.05) is 0 Å². The van der Waals surface area contributed by atoms with E-state index in [9.17, 15) is 19.5 Å². The van der Waals surface area contributed by atoms with Gasteiger partial charge in [-0.15, -0.1) is 11.3 Å². The van der Waals surface area contributed by atoms with Gasteiger partial charge in [-0.2, -0.15) is 0 Å². The summed E-state index contributed by atoms with van der Waals surface area (Å²) in [6.07, 6.45) is 4.49. The summed E-state index contributed by atoms with van der Waals surface area (Å²) < 4.78 is 0. The minimum atomic E-state index is -0.951. The van der Waals surface area contributed by atoms with E-state index in [1.165, 1.54) is 17.4 Å². The molecule has 2 aliphatic carbocycles. The molecule has 2 amide bonds. The van der Waals surface area contributed by atoms with Gasteiger partial charge in [-0.05, 0) is 29.7 Å². The molecule has 110 valence electrons. The maximum Gasteiger partial charge on any atom is 0.307 e. The van der Waals surface area contributed by atoms with Gasteiger partial charge in [-0.1, -0.05) is 12.2 Å². The number of carbonyl (C=O) groups excluding carboxylic acids is 2. The highest BCUT2D eigenvalue weighted by Crippen LogP contribution is 2.48. The lowest BCUT2D eigenvalue weighted by Crippen LogP contribution is -2.36. The third kappa shape index (κ3) is 2.23. The van der Waals surface area contributed by atoms with Crippen molar-refractivity contribution in [2.75, 3.05) is 5.32 Å². The number of nitrogens with two attached hydrogens (primary N) is 1. The fourth-order valence-corrected chi connectivity index (χ4v) is 4.11. The molecule has 4 N–H and O–H groups in total. The van der Waals surface area contributed by atoms with E-state index in [2.05, 4.69) is 5.32 Å². The van der Waals surface area contributed by atoms with Gasteiger partial charge in [0.15, 0.2) is 0 Å². The number of anilines is 1. The lowest BCUT2D eigenvalue weighted by molar-refractivity contribution is -0.146. The van der Waals surface area contributed by atoms with Crippen LogP contribution >= 0.6 is 11.3 Å². The van der Waals surface area contributed by atoms with Crippen molar-refractivity contribution in [2.24, 2.45) is 29.4 Å². The van der Waals surface area contributed by atoms with Crippen molar-refractivity contribution < 1.29 is 19.5 Å². The standard InChI is InChI=1S/C14H14N2O4S/c15-11(17)8-3-4-21-13(8)16-12(18)9-6-1-2-7(5-6)10(9)14(19)20/h1-4,6-7,9-10H,5H2,(H2,15,17)(H,16,18)(H,19,20). The smallest absolute Gasteiger partial charge is 0.307 e. The fraction of sp³-hybridized carbons (Fsp3) is 0.357. The van der Waals surface area contributed by atoms with Gasteiger partial charge < -0.3 is 16.2 Å². The normalized spacial score (nSPS) is 29.5. The molecule has 1 aromatic heterocycles. The van der Waals surface area contributed by atoms with E-state index >= 15 is 0 Å². The first-order chi connectivity index (χ1) is 9.99. The number of aliphatic carboxylic acids is 1. The highest BCUT2D eigenvalue weighted by Gasteiger charge is 2.51. The van der Waals surface area contributed by atoms with E-state index in [0.29, 0.717) is 11.4 Å². The fourth-order valence-electron chi connectivity index (χ4n) is 3.31. The van der Waals surface area contributed by atoms with Crippen LogP contribution in [0.2, 0.25) is 0 Å². The second kappa shape index (κ2) is 5.00. The number of rotatable bonds is 4. The summed E-state index contributed by atoms with van der Waals surface area (Å²) in [6.45, 7) is 0. The Morgan fingerprint density at radius 3 is 2.52 bits per heavy atom. The molecule has 21 heavy (non-hydrogen) atoms. The zero-order valence-electron chi connectivity index (χ0n) is 11.0. The first-order valence-corrected chi connectivity index (χ1v) is 7.46. The summed E-state index contributed by atoms with van der Waals surface area (Å²) in [5, 5.41) is 14.0. The van der Waals surface area contributed by atoms with Crippen molar-refractivity contribution in [3.05, 3.63) is 29.2 Å². The average Bonchev–Trinajstić information content (AvgIpc) is 3.11. The SMILES string of the molecule is NC(=O)c1ccsc1NC(=O)C1C2C=CC(C2)C1C(=O)O. The number of hydrogen-bond acceptors (Lipinski definition) is 4. The molecule has 0 aromatic carbocycles. The van der Waals surface area contributed by atoms with Crippen LogP contribution in [0.15, 0.2) is 23.6 Å². The molecule has 4 atom stereocenters. The molecule has 3 rings (SSSR count). The molecular formula is C14H14N2O4S. The van der Waals surface area contributed by atoms with Crippen molar-refractivity contribution >= 4 is 34.1 Å². The lowest BCUT2D eigenvalue weighted by Gasteiger charge is -2.23. The van der Waals surface area contributed by atoms with Crippen LogP contribution in [0.25, 0.3) is 0 Å². The predicted molar refractivity (Wildman–Crippen MR) is 76.8 cm³/mol. The topological polar surface area (TPSA) is 109 Å². The Kier molecular flexibility index (Phi) is 3.29. The van der Waals surface area contributed by atoms with Crippen LogP contribution in [0.1, 0.15) is 16.8 Å². The van der Waals surface area contributed by atoms with E-state index in [1.807, 2.05) is 12.2 Å². The second-order valence-corrected chi connectivity index (χ2v) is 6.27. The number of thiophene rings is 1. The third-order valence-electron chi connectivity index (χ3n) is 4.21. The number of nitrogens with one attached hydrogen (secondary N) is 1. The molecule has 4 unspecified atom stereocenters. The largest absolute Gasteiger partial charge is 0.481 e. The number of amides is 2. The monoisotopic (exact) mass is 306 g/mol.